The van der Waals surface area contributed by atoms with E-state index in [4.69, 9.17) is 10.3 Å². The van der Waals surface area contributed by atoms with Crippen LogP contribution >= 0.6 is 0 Å². The standard InChI is InChI=1S/C20H29NO3S/c21-18(6-7-25(22,23)24)13-19-9-15-8-16(10-19)12-20(11-15,14-19)17-4-2-1-3-5-17/h1-5,15-16,18H,6-14,21H2,(H,22,23,24). The van der Waals surface area contributed by atoms with Crippen LogP contribution in [0.1, 0.15) is 56.9 Å². The first-order valence-corrected chi connectivity index (χ1v) is 11.1. The Morgan fingerprint density at radius 1 is 1.12 bits per heavy atom. The molecule has 4 aliphatic carbocycles. The van der Waals surface area contributed by atoms with Crippen LogP contribution in [0.4, 0.5) is 0 Å². The molecule has 4 nitrogen and oxygen atoms in total. The van der Waals surface area contributed by atoms with E-state index in [9.17, 15) is 8.42 Å². The van der Waals surface area contributed by atoms with Gasteiger partial charge >= 0.3 is 0 Å². The summed E-state index contributed by atoms with van der Waals surface area (Å²) in [4.78, 5) is 0. The van der Waals surface area contributed by atoms with Gasteiger partial charge in [-0.05, 0) is 79.6 Å². The van der Waals surface area contributed by atoms with Crippen molar-refractivity contribution in [1.29, 1.82) is 0 Å². The van der Waals surface area contributed by atoms with Gasteiger partial charge in [0.25, 0.3) is 10.1 Å². The summed E-state index contributed by atoms with van der Waals surface area (Å²) in [5.74, 6) is 1.35. The first kappa shape index (κ1) is 17.5. The van der Waals surface area contributed by atoms with E-state index < -0.39 is 10.1 Å². The minimum atomic E-state index is -3.92. The molecular weight excluding hydrogens is 334 g/mol. The summed E-state index contributed by atoms with van der Waals surface area (Å²) in [5, 5.41) is 0. The summed E-state index contributed by atoms with van der Waals surface area (Å²) in [6.07, 6.45) is 8.89. The Labute approximate surface area is 150 Å². The fourth-order valence-corrected chi connectivity index (χ4v) is 7.38. The van der Waals surface area contributed by atoms with Crippen LogP contribution in [0.5, 0.6) is 0 Å². The maximum Gasteiger partial charge on any atom is 0.264 e. The summed E-state index contributed by atoms with van der Waals surface area (Å²) in [7, 11) is -3.92. The third kappa shape index (κ3) is 3.51. The predicted molar refractivity (Wildman–Crippen MR) is 98.9 cm³/mol. The third-order valence-corrected chi connectivity index (χ3v) is 7.76. The van der Waals surface area contributed by atoms with E-state index in [0.29, 0.717) is 11.8 Å². The SMILES string of the molecule is NC(CCS(=O)(=O)O)CC12CC3CC(C1)CC(c1ccccc1)(C3)C2. The van der Waals surface area contributed by atoms with Gasteiger partial charge in [-0.15, -0.1) is 0 Å². The molecule has 0 saturated heterocycles. The van der Waals surface area contributed by atoms with Gasteiger partial charge in [0.15, 0.2) is 0 Å². The predicted octanol–water partition coefficient (Wildman–Crippen LogP) is 3.52. The number of nitrogens with two attached hydrogens (primary N) is 1. The highest BCUT2D eigenvalue weighted by Crippen LogP contribution is 2.66. The van der Waals surface area contributed by atoms with Crippen LogP contribution in [0.25, 0.3) is 0 Å². The van der Waals surface area contributed by atoms with Gasteiger partial charge in [0.05, 0.1) is 5.75 Å². The van der Waals surface area contributed by atoms with Crippen molar-refractivity contribution in [1.82, 2.24) is 0 Å². The number of benzene rings is 1. The summed E-state index contributed by atoms with van der Waals surface area (Å²) in [5.41, 5.74) is 8.36. The van der Waals surface area contributed by atoms with E-state index in [2.05, 4.69) is 30.3 Å². The van der Waals surface area contributed by atoms with Gasteiger partial charge in [-0.3, -0.25) is 4.55 Å². The molecule has 3 unspecified atom stereocenters. The summed E-state index contributed by atoms with van der Waals surface area (Å²) < 4.78 is 31.1. The molecule has 4 fully saturated rings. The Morgan fingerprint density at radius 3 is 2.36 bits per heavy atom. The van der Waals surface area contributed by atoms with Crippen LogP contribution in [0.15, 0.2) is 30.3 Å². The van der Waals surface area contributed by atoms with Crippen molar-refractivity contribution in [2.45, 2.75) is 62.8 Å². The Bertz CT molecular complexity index is 717. The van der Waals surface area contributed by atoms with Crippen molar-refractivity contribution >= 4 is 10.1 Å². The minimum Gasteiger partial charge on any atom is -0.328 e. The highest BCUT2D eigenvalue weighted by Gasteiger charge is 2.58. The van der Waals surface area contributed by atoms with Gasteiger partial charge in [0.1, 0.15) is 0 Å². The maximum absolute atomic E-state index is 11.0. The Balaban J connectivity index is 1.54. The molecule has 5 rings (SSSR count). The first-order chi connectivity index (χ1) is 11.8. The van der Waals surface area contributed by atoms with Gasteiger partial charge in [-0.25, -0.2) is 0 Å². The highest BCUT2D eigenvalue weighted by molar-refractivity contribution is 7.85. The lowest BCUT2D eigenvalue weighted by atomic mass is 9.42. The Kier molecular flexibility index (Phi) is 4.25. The zero-order valence-electron chi connectivity index (χ0n) is 14.7. The highest BCUT2D eigenvalue weighted by atomic mass is 32.2. The topological polar surface area (TPSA) is 80.4 Å². The van der Waals surface area contributed by atoms with Crippen LogP contribution in [0.2, 0.25) is 0 Å². The molecule has 25 heavy (non-hydrogen) atoms. The zero-order chi connectivity index (χ0) is 17.7. The van der Waals surface area contributed by atoms with Gasteiger partial charge < -0.3 is 5.73 Å². The van der Waals surface area contributed by atoms with Crippen LogP contribution in [-0.2, 0) is 15.5 Å². The second kappa shape index (κ2) is 6.07. The molecule has 4 aliphatic rings. The normalized spacial score (nSPS) is 38.0. The number of hydrogen-bond acceptors (Lipinski definition) is 3. The van der Waals surface area contributed by atoms with E-state index in [0.717, 1.165) is 18.3 Å². The molecule has 0 radical (unpaired) electrons. The molecule has 0 amide bonds. The molecule has 0 aliphatic heterocycles. The molecule has 4 saturated carbocycles. The van der Waals surface area contributed by atoms with Crippen molar-refractivity contribution < 1.29 is 13.0 Å². The van der Waals surface area contributed by atoms with Crippen molar-refractivity contribution in [3.8, 4) is 0 Å². The molecular formula is C20H29NO3S. The van der Waals surface area contributed by atoms with E-state index in [1.54, 1.807) is 0 Å². The molecule has 0 spiro atoms. The smallest absolute Gasteiger partial charge is 0.264 e. The molecule has 3 atom stereocenters. The van der Waals surface area contributed by atoms with E-state index in [1.165, 1.54) is 44.1 Å². The molecule has 0 heterocycles. The van der Waals surface area contributed by atoms with Crippen LogP contribution in [-0.4, -0.2) is 24.8 Å². The summed E-state index contributed by atoms with van der Waals surface area (Å²) in [6.45, 7) is 0. The fraction of sp³-hybridized carbons (Fsp3) is 0.700. The monoisotopic (exact) mass is 363 g/mol. The van der Waals surface area contributed by atoms with E-state index >= 15 is 0 Å². The lowest BCUT2D eigenvalue weighted by molar-refractivity contribution is -0.0790. The molecule has 4 bridgehead atoms. The van der Waals surface area contributed by atoms with Gasteiger partial charge in [-0.2, -0.15) is 8.42 Å². The summed E-state index contributed by atoms with van der Waals surface area (Å²) >= 11 is 0. The average molecular weight is 364 g/mol. The van der Waals surface area contributed by atoms with Gasteiger partial charge in [0.2, 0.25) is 0 Å². The third-order valence-electron chi connectivity index (χ3n) is 7.01. The quantitative estimate of drug-likeness (QED) is 0.758. The Morgan fingerprint density at radius 2 is 1.76 bits per heavy atom. The van der Waals surface area contributed by atoms with E-state index in [1.807, 2.05) is 0 Å². The fourth-order valence-electron chi connectivity index (χ4n) is 6.78. The largest absolute Gasteiger partial charge is 0.328 e. The van der Waals surface area contributed by atoms with Gasteiger partial charge in [0, 0.05) is 6.04 Å². The van der Waals surface area contributed by atoms with Crippen LogP contribution in [0.3, 0.4) is 0 Å². The van der Waals surface area contributed by atoms with Crippen LogP contribution < -0.4 is 5.73 Å². The van der Waals surface area contributed by atoms with Crippen molar-refractivity contribution in [3.63, 3.8) is 0 Å². The maximum atomic E-state index is 11.0. The zero-order valence-corrected chi connectivity index (χ0v) is 15.5. The van der Waals surface area contributed by atoms with Crippen molar-refractivity contribution in [2.75, 3.05) is 5.75 Å². The lowest BCUT2D eigenvalue weighted by Gasteiger charge is -2.63. The van der Waals surface area contributed by atoms with Gasteiger partial charge in [-0.1, -0.05) is 30.3 Å². The van der Waals surface area contributed by atoms with E-state index in [-0.39, 0.29) is 17.2 Å². The number of rotatable bonds is 6. The number of hydrogen-bond donors (Lipinski definition) is 2. The Hall–Kier alpha value is -0.910. The molecule has 1 aromatic rings. The average Bonchev–Trinajstić information content (AvgIpc) is 2.51. The van der Waals surface area contributed by atoms with Crippen molar-refractivity contribution in [3.05, 3.63) is 35.9 Å². The molecule has 1 aromatic carbocycles. The molecule has 5 heteroatoms. The second-order valence-corrected chi connectivity index (χ2v) is 10.7. The lowest BCUT2D eigenvalue weighted by Crippen LogP contribution is -2.55. The van der Waals surface area contributed by atoms with Crippen LogP contribution in [0, 0.1) is 17.3 Å². The summed E-state index contributed by atoms with van der Waals surface area (Å²) in [6, 6.07) is 10.8. The first-order valence-electron chi connectivity index (χ1n) is 9.54. The van der Waals surface area contributed by atoms with Crippen molar-refractivity contribution in [2.24, 2.45) is 23.0 Å². The minimum absolute atomic E-state index is 0.147. The second-order valence-electron chi connectivity index (χ2n) is 9.15. The molecule has 0 aromatic heterocycles. The molecule has 138 valence electrons. The molecule has 3 N–H and O–H groups in total.